The van der Waals surface area contributed by atoms with Crippen LogP contribution in [0.4, 0.5) is 0 Å². The van der Waals surface area contributed by atoms with Crippen molar-refractivity contribution in [1.82, 2.24) is 14.7 Å². The van der Waals surface area contributed by atoms with Gasteiger partial charge >= 0.3 is 0 Å². The predicted octanol–water partition coefficient (Wildman–Crippen LogP) is 3.75. The van der Waals surface area contributed by atoms with Crippen LogP contribution in [0, 0.1) is 5.92 Å². The lowest BCUT2D eigenvalue weighted by molar-refractivity contribution is 0.295. The lowest BCUT2D eigenvalue weighted by atomic mass is 9.83. The summed E-state index contributed by atoms with van der Waals surface area (Å²) in [5, 5.41) is 4.15. The van der Waals surface area contributed by atoms with Crippen LogP contribution in [0.5, 0.6) is 0 Å². The number of nitrogens with zero attached hydrogens (tertiary/aromatic N) is 2. The molecule has 1 aliphatic rings. The summed E-state index contributed by atoms with van der Waals surface area (Å²) in [5.41, 5.74) is 0. The summed E-state index contributed by atoms with van der Waals surface area (Å²) in [6.45, 7) is 4.41. The van der Waals surface area contributed by atoms with Gasteiger partial charge in [-0.05, 0) is 43.8 Å². The van der Waals surface area contributed by atoms with E-state index in [0.717, 1.165) is 22.5 Å². The van der Waals surface area contributed by atoms with E-state index in [-0.39, 0.29) is 0 Å². The summed E-state index contributed by atoms with van der Waals surface area (Å²) in [4.78, 5) is 4.61. The molecule has 1 aromatic rings. The number of aryl methyl sites for hydroxylation is 1. The maximum absolute atomic E-state index is 4.61. The molecule has 3 nitrogen and oxygen atoms in total. The van der Waals surface area contributed by atoms with Crippen LogP contribution in [0.2, 0.25) is 0 Å². The average Bonchev–Trinajstić information content (AvgIpc) is 2.87. The number of nitrogens with one attached hydrogen (secondary N) is 1. The Morgan fingerprint density at radius 1 is 1.37 bits per heavy atom. The van der Waals surface area contributed by atoms with Crippen molar-refractivity contribution in [1.29, 1.82) is 0 Å². The summed E-state index contributed by atoms with van der Waals surface area (Å²) >= 11 is 3.51. The van der Waals surface area contributed by atoms with E-state index in [2.05, 4.69) is 35.6 Å². The number of hydrogen-bond donors (Lipinski definition) is 1. The second-order valence-corrected chi connectivity index (χ2v) is 7.59. The minimum Gasteiger partial charge on any atom is -0.316 e. The van der Waals surface area contributed by atoms with Gasteiger partial charge in [0.2, 0.25) is 0 Å². The zero-order valence-corrected chi connectivity index (χ0v) is 13.8. The monoisotopic (exact) mass is 299 g/mol. The number of thioether (sulfide) groups is 1. The Hall–Kier alpha value is -0.130. The Labute approximate surface area is 125 Å². The van der Waals surface area contributed by atoms with Crippen LogP contribution >= 0.6 is 23.3 Å². The van der Waals surface area contributed by atoms with E-state index < -0.39 is 0 Å². The van der Waals surface area contributed by atoms with Gasteiger partial charge in [-0.15, -0.1) is 0 Å². The van der Waals surface area contributed by atoms with Gasteiger partial charge in [-0.25, -0.2) is 4.98 Å². The van der Waals surface area contributed by atoms with Crippen molar-refractivity contribution < 1.29 is 0 Å². The van der Waals surface area contributed by atoms with Crippen LogP contribution in [-0.4, -0.2) is 27.7 Å². The molecule has 0 amide bonds. The number of aromatic nitrogens is 2. The van der Waals surface area contributed by atoms with Gasteiger partial charge in [0, 0.05) is 17.7 Å². The summed E-state index contributed by atoms with van der Waals surface area (Å²) < 4.78 is 5.55. The highest BCUT2D eigenvalue weighted by molar-refractivity contribution is 8.01. The first-order valence-electron chi connectivity index (χ1n) is 7.43. The van der Waals surface area contributed by atoms with Gasteiger partial charge in [0.05, 0.1) is 0 Å². The maximum atomic E-state index is 4.61. The summed E-state index contributed by atoms with van der Waals surface area (Å²) in [6.07, 6.45) is 7.64. The molecule has 0 saturated heterocycles. The fourth-order valence-corrected chi connectivity index (χ4v) is 5.28. The lowest BCUT2D eigenvalue weighted by Crippen LogP contribution is -2.40. The largest absolute Gasteiger partial charge is 0.316 e. The zero-order chi connectivity index (χ0) is 13.7. The van der Waals surface area contributed by atoms with Gasteiger partial charge in [-0.2, -0.15) is 4.37 Å². The van der Waals surface area contributed by atoms with Gasteiger partial charge in [-0.1, -0.05) is 38.5 Å². The van der Waals surface area contributed by atoms with E-state index in [0.29, 0.717) is 11.3 Å². The lowest BCUT2D eigenvalue weighted by Gasteiger charge is -2.35. The van der Waals surface area contributed by atoms with Crippen molar-refractivity contribution >= 4 is 23.3 Å². The molecule has 108 valence electrons. The van der Waals surface area contributed by atoms with Gasteiger partial charge in [-0.3, -0.25) is 0 Å². The highest BCUT2D eigenvalue weighted by Crippen LogP contribution is 2.38. The van der Waals surface area contributed by atoms with Gasteiger partial charge in [0.1, 0.15) is 5.82 Å². The van der Waals surface area contributed by atoms with Crippen molar-refractivity contribution in [3.63, 3.8) is 0 Å². The molecule has 0 aliphatic heterocycles. The third-order valence-corrected chi connectivity index (χ3v) is 6.16. The van der Waals surface area contributed by atoms with Gasteiger partial charge in [0.15, 0.2) is 4.34 Å². The Morgan fingerprint density at radius 3 is 2.84 bits per heavy atom. The van der Waals surface area contributed by atoms with Crippen molar-refractivity contribution in [2.45, 2.75) is 68.0 Å². The molecular weight excluding hydrogens is 274 g/mol. The quantitative estimate of drug-likeness (QED) is 0.868. The third kappa shape index (κ3) is 4.17. The second kappa shape index (κ2) is 7.60. The molecule has 3 unspecified atom stereocenters. The van der Waals surface area contributed by atoms with E-state index in [1.54, 1.807) is 11.5 Å². The minimum absolute atomic E-state index is 0.632. The molecule has 0 spiro atoms. The average molecular weight is 300 g/mol. The number of hydrogen-bond acceptors (Lipinski definition) is 5. The smallest absolute Gasteiger partial charge is 0.170 e. The van der Waals surface area contributed by atoms with Gasteiger partial charge in [0.25, 0.3) is 0 Å². The molecule has 1 N–H and O–H groups in total. The highest BCUT2D eigenvalue weighted by atomic mass is 32.2. The van der Waals surface area contributed by atoms with Crippen LogP contribution in [0.15, 0.2) is 4.34 Å². The molecule has 5 heteroatoms. The van der Waals surface area contributed by atoms with Crippen molar-refractivity contribution in [3.8, 4) is 0 Å². The highest BCUT2D eigenvalue weighted by Gasteiger charge is 2.30. The Bertz CT molecular complexity index is 381. The van der Waals surface area contributed by atoms with Crippen LogP contribution in [-0.2, 0) is 6.42 Å². The van der Waals surface area contributed by atoms with Crippen molar-refractivity contribution in [2.24, 2.45) is 5.92 Å². The molecule has 0 bridgehead atoms. The summed E-state index contributed by atoms with van der Waals surface area (Å²) in [5.74, 6) is 1.90. The normalized spacial score (nSPS) is 27.6. The van der Waals surface area contributed by atoms with Crippen LogP contribution in [0.1, 0.15) is 51.8 Å². The van der Waals surface area contributed by atoms with E-state index in [1.807, 2.05) is 11.8 Å². The van der Waals surface area contributed by atoms with Crippen LogP contribution < -0.4 is 5.32 Å². The number of rotatable bonds is 6. The summed E-state index contributed by atoms with van der Waals surface area (Å²) in [6, 6.07) is 0.632. The molecule has 1 heterocycles. The Kier molecular flexibility index (Phi) is 6.10. The molecule has 0 radical (unpaired) electrons. The Balaban J connectivity index is 1.97. The van der Waals surface area contributed by atoms with E-state index in [9.17, 15) is 0 Å². The molecule has 2 rings (SSSR count). The van der Waals surface area contributed by atoms with E-state index in [4.69, 9.17) is 0 Å². The summed E-state index contributed by atoms with van der Waals surface area (Å²) in [7, 11) is 2.09. The Morgan fingerprint density at radius 2 is 2.21 bits per heavy atom. The minimum atomic E-state index is 0.632. The van der Waals surface area contributed by atoms with Gasteiger partial charge < -0.3 is 5.32 Å². The molecule has 1 aliphatic carbocycles. The van der Waals surface area contributed by atoms with E-state index in [1.165, 1.54) is 32.1 Å². The van der Waals surface area contributed by atoms with Crippen LogP contribution in [0.25, 0.3) is 0 Å². The zero-order valence-electron chi connectivity index (χ0n) is 12.2. The van der Waals surface area contributed by atoms with E-state index >= 15 is 0 Å². The molecule has 19 heavy (non-hydrogen) atoms. The molecule has 0 aromatic carbocycles. The predicted molar refractivity (Wildman–Crippen MR) is 84.0 cm³/mol. The standard InChI is InChI=1S/C14H25N3S2/c1-4-6-10-7-8-11(15-3)12(9-10)18-14-16-13(5-2)17-19-14/h10-12,15H,4-9H2,1-3H3. The first-order chi connectivity index (χ1) is 9.26. The topological polar surface area (TPSA) is 37.8 Å². The first-order valence-corrected chi connectivity index (χ1v) is 9.08. The first kappa shape index (κ1) is 15.3. The fourth-order valence-electron chi connectivity index (χ4n) is 2.90. The van der Waals surface area contributed by atoms with Crippen LogP contribution in [0.3, 0.4) is 0 Å². The van der Waals surface area contributed by atoms with Crippen molar-refractivity contribution in [2.75, 3.05) is 7.05 Å². The SMILES string of the molecule is CCCC1CCC(NC)C(Sc2nc(CC)ns2)C1. The third-order valence-electron chi connectivity index (χ3n) is 3.99. The molecule has 1 saturated carbocycles. The molecular formula is C14H25N3S2. The second-order valence-electron chi connectivity index (χ2n) is 5.35. The maximum Gasteiger partial charge on any atom is 0.170 e. The molecule has 3 atom stereocenters. The molecule has 1 aromatic heterocycles. The fraction of sp³-hybridized carbons (Fsp3) is 0.857. The van der Waals surface area contributed by atoms with Crippen molar-refractivity contribution in [3.05, 3.63) is 5.82 Å². The molecule has 1 fully saturated rings.